The molecule has 0 amide bonds. The van der Waals surface area contributed by atoms with Crippen molar-refractivity contribution in [2.75, 3.05) is 0 Å². The van der Waals surface area contributed by atoms with Gasteiger partial charge in [-0.25, -0.2) is 12.4 Å². The van der Waals surface area contributed by atoms with Gasteiger partial charge in [0, 0.05) is 27.2 Å². The summed E-state index contributed by atoms with van der Waals surface area (Å²) in [5.41, 5.74) is 2.20. The van der Waals surface area contributed by atoms with Gasteiger partial charge in [0.15, 0.2) is 5.78 Å². The van der Waals surface area contributed by atoms with Crippen molar-refractivity contribution in [1.29, 1.82) is 5.26 Å². The maximum absolute atomic E-state index is 13.4. The second-order valence-electron chi connectivity index (χ2n) is 8.46. The Morgan fingerprint density at radius 2 is 1.64 bits per heavy atom. The molecule has 1 heterocycles. The predicted octanol–water partition coefficient (Wildman–Crippen LogP) is 5.98. The van der Waals surface area contributed by atoms with Gasteiger partial charge in [0.25, 0.3) is 10.0 Å². The van der Waals surface area contributed by atoms with Crippen LogP contribution in [0.2, 0.25) is 0 Å². The molecule has 166 valence electrons. The first-order valence-corrected chi connectivity index (χ1v) is 12.5. The number of halogens is 1. The van der Waals surface area contributed by atoms with Gasteiger partial charge in [-0.1, -0.05) is 57.9 Å². The number of carbonyl (C=O) groups excluding carboxylic acids is 1. The average molecular weight is 521 g/mol. The van der Waals surface area contributed by atoms with Crippen molar-refractivity contribution in [2.45, 2.75) is 31.1 Å². The maximum atomic E-state index is 13.4. The molecule has 4 aromatic rings. The standard InChI is InChI=1S/C26H21BrN2O3S/c1-17-4-11-21(12-5-17)33(31,32)29-15-23(22-14-20(27)10-13-24(22)29)25(30)18-6-8-19(9-7-18)26(2,3)16-28/h4-15H,1-3H3. The molecule has 0 N–H and O–H groups in total. The number of aromatic nitrogens is 1. The van der Waals surface area contributed by atoms with E-state index in [1.807, 2.05) is 20.8 Å². The Morgan fingerprint density at radius 3 is 2.24 bits per heavy atom. The molecule has 0 unspecified atom stereocenters. The van der Waals surface area contributed by atoms with Crippen LogP contribution in [0.25, 0.3) is 10.9 Å². The van der Waals surface area contributed by atoms with Crippen LogP contribution in [0, 0.1) is 18.3 Å². The Balaban J connectivity index is 1.86. The van der Waals surface area contributed by atoms with E-state index in [-0.39, 0.29) is 16.2 Å². The quantitative estimate of drug-likeness (QED) is 0.303. The lowest BCUT2D eigenvalue weighted by atomic mass is 9.85. The molecule has 0 aliphatic heterocycles. The number of nitrogens with zero attached hydrogens (tertiary/aromatic N) is 2. The highest BCUT2D eigenvalue weighted by atomic mass is 79.9. The highest BCUT2D eigenvalue weighted by Gasteiger charge is 2.25. The van der Waals surface area contributed by atoms with Crippen LogP contribution in [0.5, 0.6) is 0 Å². The van der Waals surface area contributed by atoms with Crippen molar-refractivity contribution in [2.24, 2.45) is 0 Å². The summed E-state index contributed by atoms with van der Waals surface area (Å²) in [4.78, 5) is 13.6. The lowest BCUT2D eigenvalue weighted by Crippen LogP contribution is -2.14. The molecule has 0 fully saturated rings. The molecule has 33 heavy (non-hydrogen) atoms. The van der Waals surface area contributed by atoms with Gasteiger partial charge in [0.05, 0.1) is 21.9 Å². The lowest BCUT2D eigenvalue weighted by molar-refractivity contribution is 0.104. The van der Waals surface area contributed by atoms with Crippen molar-refractivity contribution in [3.63, 3.8) is 0 Å². The van der Waals surface area contributed by atoms with Crippen LogP contribution in [0.1, 0.15) is 40.9 Å². The number of carbonyl (C=O) groups is 1. The van der Waals surface area contributed by atoms with Gasteiger partial charge in [0.2, 0.25) is 0 Å². The number of fused-ring (bicyclic) bond motifs is 1. The third-order valence-corrected chi connectivity index (χ3v) is 7.88. The highest BCUT2D eigenvalue weighted by Crippen LogP contribution is 2.31. The molecule has 7 heteroatoms. The molecule has 0 bridgehead atoms. The van der Waals surface area contributed by atoms with E-state index in [1.165, 1.54) is 10.2 Å². The first kappa shape index (κ1) is 23.0. The van der Waals surface area contributed by atoms with Gasteiger partial charge in [-0.3, -0.25) is 4.79 Å². The zero-order valence-corrected chi connectivity index (χ0v) is 20.7. The van der Waals surface area contributed by atoms with Gasteiger partial charge in [-0.2, -0.15) is 5.26 Å². The monoisotopic (exact) mass is 520 g/mol. The van der Waals surface area contributed by atoms with Crippen LogP contribution < -0.4 is 0 Å². The third kappa shape index (κ3) is 4.12. The minimum absolute atomic E-state index is 0.148. The normalized spacial score (nSPS) is 12.0. The highest BCUT2D eigenvalue weighted by molar-refractivity contribution is 9.10. The zero-order valence-electron chi connectivity index (χ0n) is 18.3. The third-order valence-electron chi connectivity index (χ3n) is 5.70. The smallest absolute Gasteiger partial charge is 0.268 e. The molecular formula is C26H21BrN2O3S. The number of nitriles is 1. The largest absolute Gasteiger partial charge is 0.289 e. The Labute approximate surface area is 201 Å². The summed E-state index contributed by atoms with van der Waals surface area (Å²) in [5.74, 6) is -0.294. The van der Waals surface area contributed by atoms with Crippen molar-refractivity contribution in [1.82, 2.24) is 3.97 Å². The molecule has 5 nitrogen and oxygen atoms in total. The fraction of sp³-hybridized carbons (Fsp3) is 0.154. The van der Waals surface area contributed by atoms with Gasteiger partial charge < -0.3 is 0 Å². The summed E-state index contributed by atoms with van der Waals surface area (Å²) >= 11 is 3.42. The molecule has 1 aromatic heterocycles. The van der Waals surface area contributed by atoms with Crippen LogP contribution in [-0.4, -0.2) is 18.2 Å². The van der Waals surface area contributed by atoms with Crippen LogP contribution in [0.15, 0.2) is 82.3 Å². The molecule has 0 aliphatic carbocycles. The molecule has 4 rings (SSSR count). The number of aryl methyl sites for hydroxylation is 1. The van der Waals surface area contributed by atoms with Crippen LogP contribution in [0.3, 0.4) is 0 Å². The summed E-state index contributed by atoms with van der Waals surface area (Å²) < 4.78 is 28.7. The Kier molecular flexibility index (Phi) is 5.77. The second kappa shape index (κ2) is 8.29. The van der Waals surface area contributed by atoms with E-state index in [9.17, 15) is 18.5 Å². The molecule has 0 radical (unpaired) electrons. The molecule has 0 saturated carbocycles. The summed E-state index contributed by atoms with van der Waals surface area (Å²) in [5, 5.41) is 9.89. The Bertz CT molecular complexity index is 1530. The second-order valence-corrected chi connectivity index (χ2v) is 11.2. The summed E-state index contributed by atoms with van der Waals surface area (Å²) in [7, 11) is -3.91. The van der Waals surface area contributed by atoms with Gasteiger partial charge in [-0.15, -0.1) is 0 Å². The Hall–Kier alpha value is -3.21. The lowest BCUT2D eigenvalue weighted by Gasteiger charge is -2.15. The van der Waals surface area contributed by atoms with E-state index < -0.39 is 15.4 Å². The molecular weight excluding hydrogens is 500 g/mol. The minimum Gasteiger partial charge on any atom is -0.289 e. The fourth-order valence-electron chi connectivity index (χ4n) is 3.63. The van der Waals surface area contributed by atoms with Crippen molar-refractivity contribution < 1.29 is 13.2 Å². The molecule has 0 saturated heterocycles. The fourth-order valence-corrected chi connectivity index (χ4v) is 5.37. The average Bonchev–Trinajstić information content (AvgIpc) is 3.18. The maximum Gasteiger partial charge on any atom is 0.268 e. The van der Waals surface area contributed by atoms with Gasteiger partial charge in [0.1, 0.15) is 0 Å². The van der Waals surface area contributed by atoms with Gasteiger partial charge in [-0.05, 0) is 56.7 Å². The number of ketones is 1. The first-order valence-electron chi connectivity index (χ1n) is 10.2. The molecule has 3 aromatic carbocycles. The van der Waals surface area contributed by atoms with Gasteiger partial charge >= 0.3 is 0 Å². The van der Waals surface area contributed by atoms with E-state index in [0.717, 1.165) is 15.6 Å². The van der Waals surface area contributed by atoms with E-state index in [4.69, 9.17) is 0 Å². The molecule has 0 spiro atoms. The number of hydrogen-bond donors (Lipinski definition) is 0. The summed E-state index contributed by atoms with van der Waals surface area (Å²) in [6.07, 6.45) is 1.39. The van der Waals surface area contributed by atoms with Crippen molar-refractivity contribution in [3.05, 3.63) is 99.7 Å². The molecule has 0 atom stereocenters. The van der Waals surface area contributed by atoms with E-state index >= 15 is 0 Å². The van der Waals surface area contributed by atoms with Crippen molar-refractivity contribution in [3.8, 4) is 6.07 Å². The predicted molar refractivity (Wildman–Crippen MR) is 132 cm³/mol. The number of rotatable bonds is 5. The van der Waals surface area contributed by atoms with Crippen LogP contribution in [-0.2, 0) is 15.4 Å². The van der Waals surface area contributed by atoms with E-state index in [2.05, 4.69) is 22.0 Å². The number of benzene rings is 3. The topological polar surface area (TPSA) is 79.9 Å². The van der Waals surface area contributed by atoms with Crippen LogP contribution >= 0.6 is 15.9 Å². The van der Waals surface area contributed by atoms with Crippen LogP contribution in [0.4, 0.5) is 0 Å². The van der Waals surface area contributed by atoms with E-state index in [0.29, 0.717) is 16.5 Å². The summed E-state index contributed by atoms with van der Waals surface area (Å²) in [6, 6.07) is 20.9. The first-order chi connectivity index (χ1) is 15.5. The van der Waals surface area contributed by atoms with E-state index in [1.54, 1.807) is 66.7 Å². The van der Waals surface area contributed by atoms with Crippen molar-refractivity contribution >= 4 is 42.6 Å². The SMILES string of the molecule is Cc1ccc(S(=O)(=O)n2cc(C(=O)c3ccc(C(C)(C)C#N)cc3)c3cc(Br)ccc32)cc1. The number of hydrogen-bond acceptors (Lipinski definition) is 4. The minimum atomic E-state index is -3.91. The zero-order chi connectivity index (χ0) is 24.0. The molecule has 0 aliphatic rings. The summed E-state index contributed by atoms with van der Waals surface area (Å²) in [6.45, 7) is 5.51. The Morgan fingerprint density at radius 1 is 1.00 bits per heavy atom.